The van der Waals surface area contributed by atoms with Gasteiger partial charge in [0.05, 0.1) is 24.6 Å². The molecule has 186 valence electrons. The summed E-state index contributed by atoms with van der Waals surface area (Å²) in [6, 6.07) is 7.54. The number of anilines is 2. The Balaban J connectivity index is 1.40. The average molecular weight is 484 g/mol. The normalized spacial score (nSPS) is 21.3. The van der Waals surface area contributed by atoms with Gasteiger partial charge in [-0.1, -0.05) is 0 Å². The molecule has 10 nitrogen and oxygen atoms in total. The summed E-state index contributed by atoms with van der Waals surface area (Å²) in [5.41, 5.74) is 6.24. The predicted octanol–water partition coefficient (Wildman–Crippen LogP) is 2.73. The molecule has 11 heteroatoms. The van der Waals surface area contributed by atoms with Gasteiger partial charge in [0.2, 0.25) is 0 Å². The van der Waals surface area contributed by atoms with Gasteiger partial charge < -0.3 is 25.6 Å². The van der Waals surface area contributed by atoms with E-state index in [4.69, 9.17) is 10.5 Å². The van der Waals surface area contributed by atoms with E-state index in [1.165, 1.54) is 30.5 Å². The van der Waals surface area contributed by atoms with Gasteiger partial charge in [-0.15, -0.1) is 0 Å². The molecule has 2 aliphatic rings. The first kappa shape index (κ1) is 24.5. The Kier molecular flexibility index (Phi) is 7.51. The number of ether oxygens (including phenoxy) is 1. The van der Waals surface area contributed by atoms with Gasteiger partial charge in [0, 0.05) is 25.0 Å². The van der Waals surface area contributed by atoms with E-state index in [0.717, 1.165) is 25.9 Å². The standard InChI is InChI=1S/C24H30FN7O3/c1-30-9-6-16(7-10-30)15-35-24(34)31-11-8-21(17(12-26)13-31)32-14-20(22(27)33)23(29-32)28-19-4-2-18(25)3-5-19/h2-5,14,16-17,21H,6-11,13,15H2,1H3,(H2,27,33)(H,28,29). The third-order valence-electron chi connectivity index (χ3n) is 6.73. The van der Waals surface area contributed by atoms with E-state index in [1.807, 2.05) is 0 Å². The number of nitrogens with one attached hydrogen (secondary N) is 1. The highest BCUT2D eigenvalue weighted by molar-refractivity contribution is 5.98. The van der Waals surface area contributed by atoms with E-state index in [9.17, 15) is 19.2 Å². The van der Waals surface area contributed by atoms with Crippen molar-refractivity contribution in [1.82, 2.24) is 19.6 Å². The maximum Gasteiger partial charge on any atom is 0.409 e. The average Bonchev–Trinajstić information content (AvgIpc) is 3.28. The lowest BCUT2D eigenvalue weighted by Crippen LogP contribution is -2.45. The summed E-state index contributed by atoms with van der Waals surface area (Å²) in [6.45, 7) is 3.00. The number of aromatic nitrogens is 2. The lowest BCUT2D eigenvalue weighted by molar-refractivity contribution is 0.0569. The third kappa shape index (κ3) is 5.89. The van der Waals surface area contributed by atoms with Gasteiger partial charge in [-0.25, -0.2) is 9.18 Å². The number of primary amides is 1. The van der Waals surface area contributed by atoms with Crippen molar-refractivity contribution in [2.24, 2.45) is 17.6 Å². The Labute approximate surface area is 203 Å². The number of nitrogens with two attached hydrogens (primary N) is 1. The fraction of sp³-hybridized carbons (Fsp3) is 0.500. The molecule has 0 saturated carbocycles. The van der Waals surface area contributed by atoms with Crippen LogP contribution in [0.3, 0.4) is 0 Å². The Morgan fingerprint density at radius 2 is 1.94 bits per heavy atom. The molecule has 2 aliphatic heterocycles. The van der Waals surface area contributed by atoms with Crippen LogP contribution in [0, 0.1) is 29.0 Å². The number of likely N-dealkylation sites (tertiary alicyclic amines) is 2. The minimum Gasteiger partial charge on any atom is -0.449 e. The number of hydrogen-bond donors (Lipinski definition) is 2. The summed E-state index contributed by atoms with van der Waals surface area (Å²) >= 11 is 0. The van der Waals surface area contributed by atoms with Crippen LogP contribution in [0.2, 0.25) is 0 Å². The largest absolute Gasteiger partial charge is 0.449 e. The number of carbonyl (C=O) groups excluding carboxylic acids is 2. The highest BCUT2D eigenvalue weighted by Gasteiger charge is 2.35. The molecule has 2 unspecified atom stereocenters. The first-order valence-corrected chi connectivity index (χ1v) is 11.8. The quantitative estimate of drug-likeness (QED) is 0.646. The van der Waals surface area contributed by atoms with Gasteiger partial charge in [-0.05, 0) is 69.6 Å². The third-order valence-corrected chi connectivity index (χ3v) is 6.73. The summed E-state index contributed by atoms with van der Waals surface area (Å²) in [5.74, 6) is -1.02. The maximum absolute atomic E-state index is 13.2. The van der Waals surface area contributed by atoms with Gasteiger partial charge in [-0.3, -0.25) is 9.48 Å². The monoisotopic (exact) mass is 483 g/mol. The van der Waals surface area contributed by atoms with Crippen LogP contribution in [0.5, 0.6) is 0 Å². The number of piperidine rings is 2. The van der Waals surface area contributed by atoms with Crippen molar-refractivity contribution in [3.8, 4) is 6.07 Å². The second-order valence-electron chi connectivity index (χ2n) is 9.23. The fourth-order valence-electron chi connectivity index (χ4n) is 4.56. The number of rotatable bonds is 6. The zero-order chi connectivity index (χ0) is 24.9. The summed E-state index contributed by atoms with van der Waals surface area (Å²) < 4.78 is 20.3. The molecule has 1 aromatic carbocycles. The van der Waals surface area contributed by atoms with Crippen molar-refractivity contribution < 1.29 is 18.7 Å². The topological polar surface area (TPSA) is 130 Å². The first-order valence-electron chi connectivity index (χ1n) is 11.8. The van der Waals surface area contributed by atoms with Crippen molar-refractivity contribution in [3.05, 3.63) is 41.8 Å². The molecule has 2 amide bonds. The van der Waals surface area contributed by atoms with Crippen LogP contribution >= 0.6 is 0 Å². The number of benzene rings is 1. The van der Waals surface area contributed by atoms with Crippen molar-refractivity contribution in [2.75, 3.05) is 45.2 Å². The second-order valence-corrected chi connectivity index (χ2v) is 9.23. The van der Waals surface area contributed by atoms with Gasteiger partial charge in [0.25, 0.3) is 5.91 Å². The first-order chi connectivity index (χ1) is 16.8. The van der Waals surface area contributed by atoms with E-state index < -0.39 is 17.9 Å². The molecule has 2 aromatic rings. The Bertz CT molecular complexity index is 1090. The number of carbonyl (C=O) groups is 2. The number of nitrogens with zero attached hydrogens (tertiary/aromatic N) is 5. The zero-order valence-corrected chi connectivity index (χ0v) is 19.7. The zero-order valence-electron chi connectivity index (χ0n) is 19.7. The summed E-state index contributed by atoms with van der Waals surface area (Å²) in [5, 5.41) is 17.3. The smallest absolute Gasteiger partial charge is 0.409 e. The summed E-state index contributed by atoms with van der Waals surface area (Å²) in [6.07, 6.45) is 3.58. The molecule has 4 rings (SSSR count). The number of amides is 2. The fourth-order valence-corrected chi connectivity index (χ4v) is 4.56. The van der Waals surface area contributed by atoms with Crippen molar-refractivity contribution in [2.45, 2.75) is 25.3 Å². The Morgan fingerprint density at radius 3 is 2.60 bits per heavy atom. The van der Waals surface area contributed by atoms with Crippen molar-refractivity contribution >= 4 is 23.5 Å². The molecular weight excluding hydrogens is 453 g/mol. The van der Waals surface area contributed by atoms with Gasteiger partial charge in [0.1, 0.15) is 11.4 Å². The molecule has 2 fully saturated rings. The number of halogens is 1. The van der Waals surface area contributed by atoms with Crippen LogP contribution in [0.1, 0.15) is 35.7 Å². The molecule has 0 bridgehead atoms. The van der Waals surface area contributed by atoms with Crippen LogP contribution in [-0.4, -0.2) is 71.4 Å². The molecule has 3 heterocycles. The lowest BCUT2D eigenvalue weighted by Gasteiger charge is -2.35. The molecule has 1 aromatic heterocycles. The number of nitriles is 1. The summed E-state index contributed by atoms with van der Waals surface area (Å²) in [4.78, 5) is 28.5. The van der Waals surface area contributed by atoms with Crippen LogP contribution in [0.15, 0.2) is 30.5 Å². The molecule has 2 saturated heterocycles. The van der Waals surface area contributed by atoms with E-state index in [1.54, 1.807) is 9.58 Å². The number of hydrogen-bond acceptors (Lipinski definition) is 7. The Morgan fingerprint density at radius 1 is 1.23 bits per heavy atom. The van der Waals surface area contributed by atoms with Crippen LogP contribution < -0.4 is 11.1 Å². The van der Waals surface area contributed by atoms with E-state index in [-0.39, 0.29) is 29.8 Å². The van der Waals surface area contributed by atoms with E-state index in [0.29, 0.717) is 31.2 Å². The second kappa shape index (κ2) is 10.7. The van der Waals surface area contributed by atoms with Crippen molar-refractivity contribution in [3.63, 3.8) is 0 Å². The van der Waals surface area contributed by atoms with Gasteiger partial charge >= 0.3 is 6.09 Å². The molecule has 2 atom stereocenters. The molecule has 3 N–H and O–H groups in total. The highest BCUT2D eigenvalue weighted by Crippen LogP contribution is 2.30. The van der Waals surface area contributed by atoms with Crippen LogP contribution in [-0.2, 0) is 4.74 Å². The highest BCUT2D eigenvalue weighted by atomic mass is 19.1. The Hall–Kier alpha value is -3.65. The minimum absolute atomic E-state index is 0.158. The lowest BCUT2D eigenvalue weighted by atomic mass is 9.94. The van der Waals surface area contributed by atoms with Crippen LogP contribution in [0.4, 0.5) is 20.7 Å². The summed E-state index contributed by atoms with van der Waals surface area (Å²) in [7, 11) is 2.09. The van der Waals surface area contributed by atoms with E-state index in [2.05, 4.69) is 28.4 Å². The van der Waals surface area contributed by atoms with Gasteiger partial charge in [0.15, 0.2) is 5.82 Å². The molecule has 0 radical (unpaired) electrons. The van der Waals surface area contributed by atoms with Crippen LogP contribution in [0.25, 0.3) is 0 Å². The predicted molar refractivity (Wildman–Crippen MR) is 126 cm³/mol. The van der Waals surface area contributed by atoms with E-state index >= 15 is 0 Å². The molecule has 0 aliphatic carbocycles. The molecule has 0 spiro atoms. The maximum atomic E-state index is 13.2. The van der Waals surface area contributed by atoms with Gasteiger partial charge in [-0.2, -0.15) is 10.4 Å². The van der Waals surface area contributed by atoms with Crippen molar-refractivity contribution in [1.29, 1.82) is 5.26 Å². The molecule has 35 heavy (non-hydrogen) atoms. The minimum atomic E-state index is -0.677. The SMILES string of the molecule is CN1CCC(COC(=O)N2CCC(n3cc(C(N)=O)c(Nc4ccc(F)cc4)n3)C(C#N)C2)CC1. The molecular formula is C24H30FN7O3.